The highest BCUT2D eigenvalue weighted by Gasteiger charge is 2.38. The van der Waals surface area contributed by atoms with Crippen molar-refractivity contribution in [2.45, 2.75) is 31.9 Å². The predicted molar refractivity (Wildman–Crippen MR) is 80.2 cm³/mol. The van der Waals surface area contributed by atoms with Crippen molar-refractivity contribution >= 4 is 22.4 Å². The number of likely N-dealkylation sites (tertiary alicyclic amines) is 2. The zero-order valence-corrected chi connectivity index (χ0v) is 12.5. The fourth-order valence-corrected chi connectivity index (χ4v) is 3.81. The quantitative estimate of drug-likeness (QED) is 0.873. The Hall–Kier alpha value is -1.11. The number of anilines is 1. The number of rotatable bonds is 2. The molecule has 2 aliphatic rings. The van der Waals surface area contributed by atoms with Crippen molar-refractivity contribution in [2.24, 2.45) is 0 Å². The number of amides is 2. The van der Waals surface area contributed by atoms with Gasteiger partial charge in [0, 0.05) is 11.4 Å². The molecule has 2 amide bonds. The molecule has 1 aromatic rings. The molecule has 3 rings (SSSR count). The lowest BCUT2D eigenvalue weighted by Gasteiger charge is -2.25. The number of carbonyl (C=O) groups is 1. The van der Waals surface area contributed by atoms with E-state index in [2.05, 4.69) is 10.2 Å². The highest BCUT2D eigenvalue weighted by Crippen LogP contribution is 2.24. The molecule has 0 bridgehead atoms. The van der Waals surface area contributed by atoms with Gasteiger partial charge >= 0.3 is 6.03 Å². The molecule has 3 heterocycles. The van der Waals surface area contributed by atoms with Crippen LogP contribution in [0.1, 0.15) is 17.7 Å². The summed E-state index contributed by atoms with van der Waals surface area (Å²) in [6, 6.07) is 3.91. The number of aliphatic hydroxyl groups is 1. The molecule has 1 aromatic heterocycles. The summed E-state index contributed by atoms with van der Waals surface area (Å²) in [5.41, 5.74) is 0. The topological polar surface area (TPSA) is 55.8 Å². The third kappa shape index (κ3) is 2.82. The first-order valence-electron chi connectivity index (χ1n) is 7.18. The monoisotopic (exact) mass is 295 g/mol. The highest BCUT2D eigenvalue weighted by atomic mass is 32.1. The lowest BCUT2D eigenvalue weighted by atomic mass is 10.2. The molecule has 0 spiro atoms. The standard InChI is InChI=1S/C14H21N3O2S/c1-10-4-5-13(20-10)15-14(19)17-8-11(12(18)9-17)16-6-2-3-7-16/h4-5,11-12,18H,2-3,6-9H2,1H3,(H,15,19). The van der Waals surface area contributed by atoms with E-state index in [1.807, 2.05) is 19.1 Å². The van der Waals surface area contributed by atoms with Crippen LogP contribution in [0.3, 0.4) is 0 Å². The van der Waals surface area contributed by atoms with Crippen molar-refractivity contribution in [1.82, 2.24) is 9.80 Å². The Morgan fingerprint density at radius 2 is 2.10 bits per heavy atom. The summed E-state index contributed by atoms with van der Waals surface area (Å²) in [7, 11) is 0. The van der Waals surface area contributed by atoms with E-state index >= 15 is 0 Å². The lowest BCUT2D eigenvalue weighted by Crippen LogP contribution is -2.41. The number of aryl methyl sites for hydroxylation is 1. The fraction of sp³-hybridized carbons (Fsp3) is 0.643. The summed E-state index contributed by atoms with van der Waals surface area (Å²) in [4.78, 5) is 17.4. The van der Waals surface area contributed by atoms with Crippen molar-refractivity contribution in [3.05, 3.63) is 17.0 Å². The molecule has 2 saturated heterocycles. The number of nitrogens with zero attached hydrogens (tertiary/aromatic N) is 2. The molecule has 0 aromatic carbocycles. The van der Waals surface area contributed by atoms with Gasteiger partial charge in [-0.1, -0.05) is 0 Å². The number of hydrogen-bond donors (Lipinski definition) is 2. The van der Waals surface area contributed by atoms with Crippen LogP contribution in [0, 0.1) is 6.92 Å². The maximum atomic E-state index is 12.2. The fourth-order valence-electron chi connectivity index (χ4n) is 3.05. The molecule has 0 radical (unpaired) electrons. The van der Waals surface area contributed by atoms with Gasteiger partial charge in [-0.05, 0) is 45.0 Å². The summed E-state index contributed by atoms with van der Waals surface area (Å²) in [6.07, 6.45) is 1.97. The van der Waals surface area contributed by atoms with Crippen LogP contribution in [0.4, 0.5) is 9.80 Å². The van der Waals surface area contributed by atoms with Crippen molar-refractivity contribution in [3.8, 4) is 0 Å². The molecule has 2 N–H and O–H groups in total. The predicted octanol–water partition coefficient (Wildman–Crippen LogP) is 1.73. The van der Waals surface area contributed by atoms with Crippen LogP contribution in [0.2, 0.25) is 0 Å². The van der Waals surface area contributed by atoms with E-state index in [1.165, 1.54) is 17.7 Å². The van der Waals surface area contributed by atoms with Crippen LogP contribution in [0.25, 0.3) is 0 Å². The largest absolute Gasteiger partial charge is 0.390 e. The van der Waals surface area contributed by atoms with Gasteiger partial charge in [0.2, 0.25) is 0 Å². The number of urea groups is 1. The van der Waals surface area contributed by atoms with E-state index in [9.17, 15) is 9.90 Å². The summed E-state index contributed by atoms with van der Waals surface area (Å²) in [5.74, 6) is 0. The van der Waals surface area contributed by atoms with E-state index in [0.717, 1.165) is 18.1 Å². The molecule has 2 aliphatic heterocycles. The van der Waals surface area contributed by atoms with Gasteiger partial charge < -0.3 is 10.0 Å². The average molecular weight is 295 g/mol. The SMILES string of the molecule is Cc1ccc(NC(=O)N2CC(O)C(N3CCCC3)C2)s1. The van der Waals surface area contributed by atoms with Gasteiger partial charge in [-0.3, -0.25) is 10.2 Å². The normalized spacial score (nSPS) is 27.2. The minimum Gasteiger partial charge on any atom is -0.390 e. The zero-order valence-electron chi connectivity index (χ0n) is 11.7. The Morgan fingerprint density at radius 3 is 2.75 bits per heavy atom. The molecule has 0 aliphatic carbocycles. The van der Waals surface area contributed by atoms with Crippen LogP contribution in [-0.2, 0) is 0 Å². The van der Waals surface area contributed by atoms with E-state index in [1.54, 1.807) is 16.2 Å². The van der Waals surface area contributed by atoms with Gasteiger partial charge in [-0.25, -0.2) is 4.79 Å². The smallest absolute Gasteiger partial charge is 0.322 e. The summed E-state index contributed by atoms with van der Waals surface area (Å²) >= 11 is 1.57. The Labute approximate surface area is 123 Å². The summed E-state index contributed by atoms with van der Waals surface area (Å²) < 4.78 is 0. The zero-order chi connectivity index (χ0) is 14.1. The Morgan fingerprint density at radius 1 is 1.35 bits per heavy atom. The van der Waals surface area contributed by atoms with Gasteiger partial charge in [0.1, 0.15) is 0 Å². The third-order valence-corrected chi connectivity index (χ3v) is 5.04. The molecule has 0 saturated carbocycles. The van der Waals surface area contributed by atoms with Crippen molar-refractivity contribution in [1.29, 1.82) is 0 Å². The van der Waals surface area contributed by atoms with Gasteiger partial charge in [0.05, 0.1) is 23.7 Å². The second-order valence-electron chi connectivity index (χ2n) is 5.62. The lowest BCUT2D eigenvalue weighted by molar-refractivity contribution is 0.0980. The van der Waals surface area contributed by atoms with Crippen LogP contribution in [-0.4, -0.2) is 59.3 Å². The number of β-amino-alcohol motifs (C(OH)–C–C–N with tert-alkyl or cyclic N) is 1. The van der Waals surface area contributed by atoms with Crippen molar-refractivity contribution in [2.75, 3.05) is 31.5 Å². The summed E-state index contributed by atoms with van der Waals surface area (Å²) in [6.45, 7) is 5.15. The molecule has 6 heteroatoms. The van der Waals surface area contributed by atoms with E-state index in [-0.39, 0.29) is 12.1 Å². The minimum absolute atomic E-state index is 0.104. The average Bonchev–Trinajstić information content (AvgIpc) is 3.10. The molecule has 110 valence electrons. The first kappa shape index (κ1) is 13.9. The molecule has 2 unspecified atom stereocenters. The van der Waals surface area contributed by atoms with Gasteiger partial charge in [0.25, 0.3) is 0 Å². The molecular formula is C14H21N3O2S. The Balaban J connectivity index is 1.59. The highest BCUT2D eigenvalue weighted by molar-refractivity contribution is 7.16. The van der Waals surface area contributed by atoms with E-state index in [4.69, 9.17) is 0 Å². The molecule has 20 heavy (non-hydrogen) atoms. The number of hydrogen-bond acceptors (Lipinski definition) is 4. The Kier molecular flexibility index (Phi) is 3.96. The van der Waals surface area contributed by atoms with Crippen molar-refractivity contribution in [3.63, 3.8) is 0 Å². The van der Waals surface area contributed by atoms with Crippen LogP contribution in [0.5, 0.6) is 0 Å². The van der Waals surface area contributed by atoms with Crippen LogP contribution in [0.15, 0.2) is 12.1 Å². The van der Waals surface area contributed by atoms with Gasteiger partial charge in [-0.2, -0.15) is 0 Å². The number of carbonyl (C=O) groups excluding carboxylic acids is 1. The maximum absolute atomic E-state index is 12.2. The van der Waals surface area contributed by atoms with E-state index < -0.39 is 6.10 Å². The first-order chi connectivity index (χ1) is 9.63. The summed E-state index contributed by atoms with van der Waals surface area (Å²) in [5, 5.41) is 14.0. The molecule has 2 fully saturated rings. The van der Waals surface area contributed by atoms with Gasteiger partial charge in [-0.15, -0.1) is 11.3 Å². The first-order valence-corrected chi connectivity index (χ1v) is 7.99. The molecular weight excluding hydrogens is 274 g/mol. The second-order valence-corrected chi connectivity index (χ2v) is 6.91. The number of aliphatic hydroxyl groups excluding tert-OH is 1. The number of nitrogens with one attached hydrogen (secondary N) is 1. The maximum Gasteiger partial charge on any atom is 0.322 e. The minimum atomic E-state index is -0.427. The van der Waals surface area contributed by atoms with Crippen LogP contribution >= 0.6 is 11.3 Å². The molecule has 5 nitrogen and oxygen atoms in total. The third-order valence-electron chi connectivity index (χ3n) is 4.13. The van der Waals surface area contributed by atoms with Gasteiger partial charge in [0.15, 0.2) is 0 Å². The van der Waals surface area contributed by atoms with Crippen LogP contribution < -0.4 is 5.32 Å². The molecule has 2 atom stereocenters. The number of thiophene rings is 1. The van der Waals surface area contributed by atoms with E-state index in [0.29, 0.717) is 13.1 Å². The van der Waals surface area contributed by atoms with Crippen molar-refractivity contribution < 1.29 is 9.90 Å². The Bertz CT molecular complexity index is 485. The second kappa shape index (κ2) is 5.71.